The van der Waals surface area contributed by atoms with Crippen molar-refractivity contribution in [1.29, 1.82) is 0 Å². The fourth-order valence-electron chi connectivity index (χ4n) is 2.14. The molecule has 0 bridgehead atoms. The quantitative estimate of drug-likeness (QED) is 0.850. The van der Waals surface area contributed by atoms with Crippen LogP contribution >= 0.6 is 11.3 Å². The summed E-state index contributed by atoms with van der Waals surface area (Å²) in [7, 11) is 1.51. The lowest BCUT2D eigenvalue weighted by Gasteiger charge is -2.16. The number of carbonyl (C=O) groups excluding carboxylic acids is 1. The fraction of sp³-hybridized carbons (Fsp3) is 0.250. The van der Waals surface area contributed by atoms with Crippen LogP contribution in [-0.4, -0.2) is 24.1 Å². The number of hydrogen-bond donors (Lipinski definition) is 2. The van der Waals surface area contributed by atoms with Crippen molar-refractivity contribution in [3.05, 3.63) is 57.0 Å². The number of carboxylic acid groups (broad SMARTS) is 1. The van der Waals surface area contributed by atoms with Crippen molar-refractivity contribution >= 4 is 23.2 Å². The third-order valence-corrected chi connectivity index (χ3v) is 4.25. The Morgan fingerprint density at radius 3 is 2.74 bits per heavy atom. The fourth-order valence-corrected chi connectivity index (χ4v) is 2.95. The Morgan fingerprint density at radius 2 is 2.13 bits per heavy atom. The van der Waals surface area contributed by atoms with E-state index in [-0.39, 0.29) is 6.61 Å². The van der Waals surface area contributed by atoms with Gasteiger partial charge in [0.05, 0.1) is 11.5 Å². The lowest BCUT2D eigenvalue weighted by Crippen LogP contribution is -2.33. The average molecular weight is 337 g/mol. The molecule has 0 saturated carbocycles. The minimum Gasteiger partial charge on any atom is -0.479 e. The molecule has 1 aromatic heterocycles. The molecule has 1 heterocycles. The van der Waals surface area contributed by atoms with Crippen LogP contribution in [0.4, 0.5) is 4.39 Å². The normalized spacial score (nSPS) is 12.0. The molecular weight excluding hydrogens is 321 g/mol. The van der Waals surface area contributed by atoms with Crippen LogP contribution < -0.4 is 5.32 Å². The molecule has 2 aromatic rings. The average Bonchev–Trinajstić information content (AvgIpc) is 2.96. The van der Waals surface area contributed by atoms with Gasteiger partial charge in [-0.2, -0.15) is 0 Å². The Kier molecular flexibility index (Phi) is 5.46. The van der Waals surface area contributed by atoms with Crippen LogP contribution in [0.1, 0.15) is 32.4 Å². The van der Waals surface area contributed by atoms with E-state index in [4.69, 9.17) is 4.74 Å². The topological polar surface area (TPSA) is 75.6 Å². The number of nitrogens with one attached hydrogen (secondary N) is 1. The Hall–Kier alpha value is -2.25. The predicted molar refractivity (Wildman–Crippen MR) is 84.0 cm³/mol. The van der Waals surface area contributed by atoms with E-state index in [1.165, 1.54) is 43.6 Å². The van der Waals surface area contributed by atoms with Crippen LogP contribution in [0.2, 0.25) is 0 Å². The number of thiophene rings is 1. The first-order valence-electron chi connectivity index (χ1n) is 6.79. The smallest absolute Gasteiger partial charge is 0.330 e. The van der Waals surface area contributed by atoms with E-state index >= 15 is 0 Å². The largest absolute Gasteiger partial charge is 0.479 e. The molecule has 0 aliphatic carbocycles. The molecule has 5 nitrogen and oxygen atoms in total. The maximum atomic E-state index is 13.3. The van der Waals surface area contributed by atoms with Crippen LogP contribution in [0.25, 0.3) is 0 Å². The molecule has 2 rings (SSSR count). The second-order valence-corrected chi connectivity index (χ2v) is 5.88. The van der Waals surface area contributed by atoms with Crippen molar-refractivity contribution in [1.82, 2.24) is 5.32 Å². The number of carbonyl (C=O) groups is 2. The first-order valence-corrected chi connectivity index (χ1v) is 7.67. The van der Waals surface area contributed by atoms with E-state index in [1.54, 1.807) is 11.4 Å². The number of rotatable bonds is 6. The molecule has 122 valence electrons. The van der Waals surface area contributed by atoms with Gasteiger partial charge in [0, 0.05) is 12.7 Å². The Labute approximate surface area is 136 Å². The van der Waals surface area contributed by atoms with Gasteiger partial charge in [0.15, 0.2) is 6.04 Å². The van der Waals surface area contributed by atoms with Crippen molar-refractivity contribution in [3.8, 4) is 0 Å². The van der Waals surface area contributed by atoms with Crippen molar-refractivity contribution in [3.63, 3.8) is 0 Å². The molecule has 23 heavy (non-hydrogen) atoms. The van der Waals surface area contributed by atoms with E-state index in [1.807, 2.05) is 0 Å². The maximum absolute atomic E-state index is 13.3. The zero-order valence-corrected chi connectivity index (χ0v) is 13.4. The number of hydrogen-bond acceptors (Lipinski definition) is 4. The minimum absolute atomic E-state index is 0.264. The van der Waals surface area contributed by atoms with Crippen LogP contribution in [0.5, 0.6) is 0 Å². The SMILES string of the molecule is COCc1ccsc1C(=O)NC(C(=O)O)c1ccc(F)c(C)c1. The number of carboxylic acids is 1. The molecule has 0 spiro atoms. The molecule has 1 aromatic carbocycles. The van der Waals surface area contributed by atoms with Crippen molar-refractivity contribution in [2.45, 2.75) is 19.6 Å². The molecule has 0 radical (unpaired) electrons. The van der Waals surface area contributed by atoms with Gasteiger partial charge in [-0.1, -0.05) is 12.1 Å². The van der Waals surface area contributed by atoms with E-state index in [2.05, 4.69) is 5.32 Å². The van der Waals surface area contributed by atoms with E-state index in [0.29, 0.717) is 21.6 Å². The Balaban J connectivity index is 2.25. The molecule has 1 unspecified atom stereocenters. The molecule has 7 heteroatoms. The number of methoxy groups -OCH3 is 1. The van der Waals surface area contributed by atoms with Gasteiger partial charge in [0.25, 0.3) is 5.91 Å². The summed E-state index contributed by atoms with van der Waals surface area (Å²) in [5, 5.41) is 13.6. The highest BCUT2D eigenvalue weighted by Gasteiger charge is 2.25. The number of aryl methyl sites for hydroxylation is 1. The van der Waals surface area contributed by atoms with Gasteiger partial charge in [0.2, 0.25) is 0 Å². The first-order chi connectivity index (χ1) is 10.9. The first kappa shape index (κ1) is 17.1. The minimum atomic E-state index is -1.25. The molecule has 0 fully saturated rings. The van der Waals surface area contributed by atoms with Gasteiger partial charge < -0.3 is 15.2 Å². The summed E-state index contributed by atoms with van der Waals surface area (Å²) in [6, 6.07) is 4.46. The molecule has 1 amide bonds. The lowest BCUT2D eigenvalue weighted by molar-refractivity contribution is -0.139. The summed E-state index contributed by atoms with van der Waals surface area (Å²) >= 11 is 1.21. The Morgan fingerprint density at radius 1 is 1.39 bits per heavy atom. The molecule has 2 N–H and O–H groups in total. The van der Waals surface area contributed by atoms with Gasteiger partial charge in [-0.15, -0.1) is 11.3 Å². The number of amides is 1. The highest BCUT2D eigenvalue weighted by atomic mass is 32.1. The van der Waals surface area contributed by atoms with Crippen molar-refractivity contribution < 1.29 is 23.8 Å². The van der Waals surface area contributed by atoms with Gasteiger partial charge >= 0.3 is 5.97 Å². The van der Waals surface area contributed by atoms with E-state index in [9.17, 15) is 19.1 Å². The van der Waals surface area contributed by atoms with Gasteiger partial charge in [-0.3, -0.25) is 4.79 Å². The van der Waals surface area contributed by atoms with Gasteiger partial charge in [-0.05, 0) is 35.6 Å². The van der Waals surface area contributed by atoms with E-state index < -0.39 is 23.7 Å². The predicted octanol–water partition coefficient (Wildman–Crippen LogP) is 2.90. The molecule has 0 saturated heterocycles. The van der Waals surface area contributed by atoms with Crippen LogP contribution in [0, 0.1) is 12.7 Å². The zero-order valence-electron chi connectivity index (χ0n) is 12.6. The van der Waals surface area contributed by atoms with Crippen molar-refractivity contribution in [2.24, 2.45) is 0 Å². The third-order valence-electron chi connectivity index (χ3n) is 3.29. The second kappa shape index (κ2) is 7.34. The number of halogens is 1. The number of benzene rings is 1. The van der Waals surface area contributed by atoms with E-state index in [0.717, 1.165) is 0 Å². The van der Waals surface area contributed by atoms with Crippen LogP contribution in [-0.2, 0) is 16.1 Å². The van der Waals surface area contributed by atoms with Crippen LogP contribution in [0.15, 0.2) is 29.6 Å². The summed E-state index contributed by atoms with van der Waals surface area (Å²) < 4.78 is 18.4. The van der Waals surface area contributed by atoms with Crippen molar-refractivity contribution in [2.75, 3.05) is 7.11 Å². The number of aliphatic carboxylic acids is 1. The highest BCUT2D eigenvalue weighted by molar-refractivity contribution is 7.12. The summed E-state index contributed by atoms with van der Waals surface area (Å²) in [6.07, 6.45) is 0. The summed E-state index contributed by atoms with van der Waals surface area (Å²) in [6.45, 7) is 1.80. The summed E-state index contributed by atoms with van der Waals surface area (Å²) in [5.74, 6) is -2.14. The monoisotopic (exact) mass is 337 g/mol. The van der Waals surface area contributed by atoms with Gasteiger partial charge in [-0.25, -0.2) is 9.18 Å². The zero-order chi connectivity index (χ0) is 17.0. The van der Waals surface area contributed by atoms with Gasteiger partial charge in [0.1, 0.15) is 5.82 Å². The number of ether oxygens (including phenoxy) is 1. The summed E-state index contributed by atoms with van der Waals surface area (Å²) in [4.78, 5) is 24.2. The standard InChI is InChI=1S/C16H16FNO4S/c1-9-7-10(3-4-12(9)17)13(16(20)21)18-15(19)14-11(8-22-2)5-6-23-14/h3-7,13H,8H2,1-2H3,(H,18,19)(H,20,21). The highest BCUT2D eigenvalue weighted by Crippen LogP contribution is 2.21. The van der Waals surface area contributed by atoms with Crippen LogP contribution in [0.3, 0.4) is 0 Å². The molecule has 0 aliphatic heterocycles. The molecule has 0 aliphatic rings. The Bertz CT molecular complexity index is 729. The third kappa shape index (κ3) is 3.94. The lowest BCUT2D eigenvalue weighted by atomic mass is 10.0. The molecule has 1 atom stereocenters. The second-order valence-electron chi connectivity index (χ2n) is 4.96. The maximum Gasteiger partial charge on any atom is 0.330 e. The summed E-state index contributed by atoms with van der Waals surface area (Å²) in [5.41, 5.74) is 1.32. The molecular formula is C16H16FNO4S.